The largest absolute Gasteiger partial charge is 0.492 e. The molecule has 0 saturated carbocycles. The third kappa shape index (κ3) is 5.25. The number of carbonyl (C=O) groups excluding carboxylic acids is 1. The number of aromatic nitrogens is 3. The number of hydrogen-bond acceptors (Lipinski definition) is 7. The number of aryl methyl sites for hydroxylation is 1. The number of para-hydroxylation sites is 1. The number of anilines is 1. The molecule has 0 atom stereocenters. The lowest BCUT2D eigenvalue weighted by atomic mass is 10.2. The summed E-state index contributed by atoms with van der Waals surface area (Å²) in [7, 11) is -3.58. The quantitative estimate of drug-likeness (QED) is 0.354. The number of sulfonamides is 1. The van der Waals surface area contributed by atoms with E-state index >= 15 is 0 Å². The Labute approximate surface area is 220 Å². The summed E-state index contributed by atoms with van der Waals surface area (Å²) in [5.74, 6) is 0.809. The highest BCUT2D eigenvalue weighted by molar-refractivity contribution is 7.89. The van der Waals surface area contributed by atoms with Crippen molar-refractivity contribution in [1.29, 1.82) is 0 Å². The molecule has 2 aromatic heterocycles. The van der Waals surface area contributed by atoms with Crippen molar-refractivity contribution in [3.8, 4) is 10.9 Å². The van der Waals surface area contributed by atoms with Crippen LogP contribution in [0.25, 0.3) is 15.3 Å². The van der Waals surface area contributed by atoms with Gasteiger partial charge in [-0.2, -0.15) is 14.1 Å². The molecule has 37 heavy (non-hydrogen) atoms. The smallest absolute Gasteiger partial charge is 0.256 e. The van der Waals surface area contributed by atoms with E-state index in [1.807, 2.05) is 32.0 Å². The van der Waals surface area contributed by atoms with Crippen molar-refractivity contribution in [3.05, 3.63) is 59.8 Å². The molecule has 1 aliphatic heterocycles. The SMILES string of the molecule is CCOc1cccc2sc(-n3nc(C)cc3NC(=O)c3ccc(S(=O)(=O)N4CCCCCC4)cc3)nc12. The lowest BCUT2D eigenvalue weighted by Gasteiger charge is -2.20. The fourth-order valence-corrected chi connectivity index (χ4v) is 6.87. The van der Waals surface area contributed by atoms with Crippen LogP contribution in [0.2, 0.25) is 0 Å². The fraction of sp³-hybridized carbons (Fsp3) is 0.346. The predicted octanol–water partition coefficient (Wildman–Crippen LogP) is 5.01. The van der Waals surface area contributed by atoms with Crippen LogP contribution < -0.4 is 10.1 Å². The van der Waals surface area contributed by atoms with Crippen LogP contribution in [0, 0.1) is 6.92 Å². The molecule has 2 aromatic carbocycles. The van der Waals surface area contributed by atoms with E-state index in [0.717, 1.165) is 41.6 Å². The van der Waals surface area contributed by atoms with Gasteiger partial charge in [0.2, 0.25) is 15.2 Å². The molecular weight excluding hydrogens is 510 g/mol. The summed E-state index contributed by atoms with van der Waals surface area (Å²) in [4.78, 5) is 18.0. The van der Waals surface area contributed by atoms with E-state index in [-0.39, 0.29) is 10.8 Å². The van der Waals surface area contributed by atoms with Crippen LogP contribution in [0.1, 0.15) is 48.7 Å². The molecule has 4 aromatic rings. The van der Waals surface area contributed by atoms with Crippen LogP contribution in [0.4, 0.5) is 5.82 Å². The van der Waals surface area contributed by atoms with Crippen molar-refractivity contribution in [3.63, 3.8) is 0 Å². The molecule has 1 saturated heterocycles. The van der Waals surface area contributed by atoms with Crippen LogP contribution in [-0.2, 0) is 10.0 Å². The standard InChI is InChI=1S/C26H29N5O4S2/c1-3-35-21-9-8-10-22-24(21)28-26(36-22)31-23(17-18(2)29-31)27-25(32)19-11-13-20(14-12-19)37(33,34)30-15-6-4-5-7-16-30/h8-14,17H,3-7,15-16H2,1-2H3,(H,27,32). The summed E-state index contributed by atoms with van der Waals surface area (Å²) in [5, 5.41) is 8.03. The second kappa shape index (κ2) is 10.6. The normalized spacial score (nSPS) is 15.0. The third-order valence-electron chi connectivity index (χ3n) is 6.24. The number of hydrogen-bond donors (Lipinski definition) is 1. The van der Waals surface area contributed by atoms with Crippen LogP contribution in [-0.4, -0.2) is 53.1 Å². The van der Waals surface area contributed by atoms with Gasteiger partial charge >= 0.3 is 0 Å². The molecule has 0 bridgehead atoms. The van der Waals surface area contributed by atoms with Gasteiger partial charge in [-0.25, -0.2) is 13.4 Å². The minimum Gasteiger partial charge on any atom is -0.492 e. The second-order valence-electron chi connectivity index (χ2n) is 8.91. The first-order valence-corrected chi connectivity index (χ1v) is 14.6. The van der Waals surface area contributed by atoms with E-state index in [1.54, 1.807) is 27.2 Å². The Balaban J connectivity index is 1.37. The highest BCUT2D eigenvalue weighted by Gasteiger charge is 2.25. The van der Waals surface area contributed by atoms with Gasteiger partial charge in [-0.05, 0) is 63.1 Å². The number of rotatable bonds is 7. The molecule has 9 nitrogen and oxygen atoms in total. The molecule has 1 N–H and O–H groups in total. The Morgan fingerprint density at radius 3 is 2.51 bits per heavy atom. The lowest BCUT2D eigenvalue weighted by Crippen LogP contribution is -2.31. The molecule has 3 heterocycles. The number of nitrogens with zero attached hydrogens (tertiary/aromatic N) is 4. The summed E-state index contributed by atoms with van der Waals surface area (Å²) in [5.41, 5.74) is 1.82. The van der Waals surface area contributed by atoms with E-state index in [4.69, 9.17) is 9.72 Å². The van der Waals surface area contributed by atoms with Crippen LogP contribution in [0.5, 0.6) is 5.75 Å². The molecule has 0 aliphatic carbocycles. The number of ether oxygens (including phenoxy) is 1. The van der Waals surface area contributed by atoms with Gasteiger partial charge < -0.3 is 10.1 Å². The van der Waals surface area contributed by atoms with Gasteiger partial charge in [0.1, 0.15) is 17.1 Å². The predicted molar refractivity (Wildman–Crippen MR) is 144 cm³/mol. The number of carbonyl (C=O) groups is 1. The van der Waals surface area contributed by atoms with Gasteiger partial charge in [0, 0.05) is 24.7 Å². The van der Waals surface area contributed by atoms with Crippen molar-refractivity contribution < 1.29 is 17.9 Å². The summed E-state index contributed by atoms with van der Waals surface area (Å²) < 4.78 is 35.9. The van der Waals surface area contributed by atoms with E-state index in [1.165, 1.54) is 23.5 Å². The maximum Gasteiger partial charge on any atom is 0.256 e. The number of nitrogens with one attached hydrogen (secondary N) is 1. The maximum absolute atomic E-state index is 13.1. The Kier molecular flexibility index (Phi) is 7.27. The molecule has 5 rings (SSSR count). The van der Waals surface area contributed by atoms with Crippen molar-refractivity contribution in [2.75, 3.05) is 25.0 Å². The zero-order valence-corrected chi connectivity index (χ0v) is 22.4. The molecule has 0 spiro atoms. The Morgan fingerprint density at radius 1 is 1.08 bits per heavy atom. The fourth-order valence-electron chi connectivity index (χ4n) is 4.41. The third-order valence-corrected chi connectivity index (χ3v) is 9.15. The Hall–Kier alpha value is -3.28. The van der Waals surface area contributed by atoms with Crippen LogP contribution in [0.3, 0.4) is 0 Å². The molecule has 11 heteroatoms. The molecule has 1 aliphatic rings. The Bertz CT molecular complexity index is 1520. The molecule has 1 fully saturated rings. The first kappa shape index (κ1) is 25.4. The first-order chi connectivity index (χ1) is 17.9. The van der Waals surface area contributed by atoms with Gasteiger partial charge in [-0.1, -0.05) is 30.2 Å². The summed E-state index contributed by atoms with van der Waals surface area (Å²) in [6, 6.07) is 13.6. The second-order valence-corrected chi connectivity index (χ2v) is 11.9. The van der Waals surface area contributed by atoms with Gasteiger partial charge in [-0.3, -0.25) is 4.79 Å². The van der Waals surface area contributed by atoms with Crippen molar-refractivity contribution in [1.82, 2.24) is 19.1 Å². The minimum atomic E-state index is -3.58. The van der Waals surface area contributed by atoms with Crippen molar-refractivity contribution >= 4 is 43.3 Å². The number of benzene rings is 2. The van der Waals surface area contributed by atoms with E-state index in [9.17, 15) is 13.2 Å². The van der Waals surface area contributed by atoms with Crippen LogP contribution >= 0.6 is 11.3 Å². The highest BCUT2D eigenvalue weighted by Crippen LogP contribution is 2.33. The van der Waals surface area contributed by atoms with Gasteiger partial charge in [0.25, 0.3) is 5.91 Å². The number of amides is 1. The van der Waals surface area contributed by atoms with Crippen molar-refractivity contribution in [2.45, 2.75) is 44.4 Å². The summed E-state index contributed by atoms with van der Waals surface area (Å²) >= 11 is 1.45. The van der Waals surface area contributed by atoms with Crippen LogP contribution in [0.15, 0.2) is 53.4 Å². The van der Waals surface area contributed by atoms with Gasteiger partial charge in [0.15, 0.2) is 0 Å². The number of thiazole rings is 1. The monoisotopic (exact) mass is 539 g/mol. The average Bonchev–Trinajstić information content (AvgIpc) is 3.36. The zero-order valence-electron chi connectivity index (χ0n) is 20.8. The zero-order chi connectivity index (χ0) is 26.0. The topological polar surface area (TPSA) is 106 Å². The maximum atomic E-state index is 13.1. The number of fused-ring (bicyclic) bond motifs is 1. The molecule has 1 amide bonds. The van der Waals surface area contributed by atoms with Gasteiger partial charge in [-0.15, -0.1) is 0 Å². The molecule has 0 unspecified atom stereocenters. The molecular formula is C26H29N5O4S2. The van der Waals surface area contributed by atoms with Crippen molar-refractivity contribution in [2.24, 2.45) is 0 Å². The molecule has 194 valence electrons. The highest BCUT2D eigenvalue weighted by atomic mass is 32.2. The van der Waals surface area contributed by atoms with E-state index in [2.05, 4.69) is 10.4 Å². The Morgan fingerprint density at radius 2 is 1.81 bits per heavy atom. The van der Waals surface area contributed by atoms with E-state index in [0.29, 0.717) is 42.0 Å². The summed E-state index contributed by atoms with van der Waals surface area (Å²) in [6.45, 7) is 5.37. The first-order valence-electron chi connectivity index (χ1n) is 12.4. The average molecular weight is 540 g/mol. The van der Waals surface area contributed by atoms with Gasteiger partial charge in [0.05, 0.1) is 21.9 Å². The molecule has 0 radical (unpaired) electrons. The summed E-state index contributed by atoms with van der Waals surface area (Å²) in [6.07, 6.45) is 3.83. The minimum absolute atomic E-state index is 0.200. The lowest BCUT2D eigenvalue weighted by molar-refractivity contribution is 0.102. The van der Waals surface area contributed by atoms with E-state index < -0.39 is 10.0 Å².